The monoisotopic (exact) mass is 446 g/mol. The number of para-hydroxylation sites is 4. The van der Waals surface area contributed by atoms with Crippen LogP contribution in [0.1, 0.15) is 29.2 Å². The Hall–Kier alpha value is -4.18. The minimum Gasteiger partial charge on any atom is -0.340 e. The second-order valence-electron chi connectivity index (χ2n) is 8.79. The molecule has 34 heavy (non-hydrogen) atoms. The smallest absolute Gasteiger partial charge is 0.340 e. The summed E-state index contributed by atoms with van der Waals surface area (Å²) in [4.78, 5) is 0. The molecule has 2 aliphatic heterocycles. The van der Waals surface area contributed by atoms with Gasteiger partial charge in [-0.05, 0) is 41.7 Å². The van der Waals surface area contributed by atoms with Crippen molar-refractivity contribution in [1.29, 1.82) is 0 Å². The first kappa shape index (κ1) is 20.4. The summed E-state index contributed by atoms with van der Waals surface area (Å²) in [5, 5.41) is 0. The van der Waals surface area contributed by atoms with E-state index in [9.17, 15) is 0 Å². The Morgan fingerprint density at radius 2 is 1.18 bits per heavy atom. The molecule has 0 saturated carbocycles. The molecule has 0 amide bonds. The predicted molar refractivity (Wildman–Crippen MR) is 134 cm³/mol. The number of hydrogen-bond acceptors (Lipinski definition) is 2. The molecule has 0 aliphatic carbocycles. The largest absolute Gasteiger partial charge is 0.715 e. The summed E-state index contributed by atoms with van der Waals surface area (Å²) in [6, 6.07) is 31.7. The van der Waals surface area contributed by atoms with Gasteiger partial charge < -0.3 is 9.47 Å². The first-order valence-electron chi connectivity index (χ1n) is 11.5. The molecule has 2 aliphatic rings. The molecule has 0 unspecified atom stereocenters. The molecule has 2 heterocycles. The highest BCUT2D eigenvalue weighted by Gasteiger charge is 2.67. The van der Waals surface area contributed by atoms with Gasteiger partial charge in [0.05, 0.1) is 11.1 Å². The van der Waals surface area contributed by atoms with E-state index in [2.05, 4.69) is 96.8 Å². The number of hydrogen-bond donors (Lipinski definition) is 0. The molecule has 1 atom stereocenters. The van der Waals surface area contributed by atoms with E-state index in [1.54, 1.807) is 0 Å². The minimum absolute atomic E-state index is 0.820. The van der Waals surface area contributed by atoms with Gasteiger partial charge in [-0.1, -0.05) is 65.2 Å². The van der Waals surface area contributed by atoms with Crippen molar-refractivity contribution < 1.29 is 18.6 Å². The fourth-order valence-corrected chi connectivity index (χ4v) is 4.89. The third-order valence-electron chi connectivity index (χ3n) is 6.55. The third kappa shape index (κ3) is 2.99. The predicted octanol–water partition coefficient (Wildman–Crippen LogP) is 6.32. The highest BCUT2D eigenvalue weighted by Crippen LogP contribution is 2.43. The summed E-state index contributed by atoms with van der Waals surface area (Å²) in [5.74, 6) is 1.65. The van der Waals surface area contributed by atoms with Crippen molar-refractivity contribution in [2.75, 3.05) is 0 Å². The van der Waals surface area contributed by atoms with Crippen molar-refractivity contribution in [3.8, 4) is 11.5 Å². The zero-order valence-electron chi connectivity index (χ0n) is 19.5. The van der Waals surface area contributed by atoms with Crippen molar-refractivity contribution in [1.82, 2.24) is 0 Å². The molecular formula is C30H26N2O2+2. The molecule has 0 fully saturated rings. The topological polar surface area (TPSA) is 24.5 Å². The summed E-state index contributed by atoms with van der Waals surface area (Å²) in [6.45, 7) is 6.29. The Morgan fingerprint density at radius 1 is 0.588 bits per heavy atom. The van der Waals surface area contributed by atoms with E-state index >= 15 is 0 Å². The van der Waals surface area contributed by atoms with Gasteiger partial charge in [0.15, 0.2) is 17.7 Å². The number of nitrogens with zero attached hydrogens (tertiary/aromatic N) is 2. The number of aryl methyl sites for hydroxylation is 2. The van der Waals surface area contributed by atoms with Crippen LogP contribution in [-0.2, 0) is 0 Å². The van der Waals surface area contributed by atoms with Gasteiger partial charge in [-0.25, -0.2) is 0 Å². The maximum Gasteiger partial charge on any atom is 0.715 e. The molecule has 4 nitrogen and oxygen atoms in total. The lowest BCUT2D eigenvalue weighted by Gasteiger charge is -2.33. The molecule has 0 bridgehead atoms. The van der Waals surface area contributed by atoms with Crippen LogP contribution in [0.15, 0.2) is 97.1 Å². The van der Waals surface area contributed by atoms with Crippen LogP contribution in [0.2, 0.25) is 0 Å². The Morgan fingerprint density at radius 3 is 1.88 bits per heavy atom. The van der Waals surface area contributed by atoms with E-state index in [-0.39, 0.29) is 0 Å². The van der Waals surface area contributed by atoms with Crippen LogP contribution in [-0.4, -0.2) is 27.1 Å². The Balaban J connectivity index is 1.73. The van der Waals surface area contributed by atoms with Gasteiger partial charge in [0, 0.05) is 31.2 Å². The number of ether oxygens (including phenoxy) is 2. The van der Waals surface area contributed by atoms with Gasteiger partial charge in [0.1, 0.15) is 0 Å². The fraction of sp³-hybridized carbons (Fsp3) is 0.133. The van der Waals surface area contributed by atoms with E-state index in [4.69, 9.17) is 9.47 Å². The molecule has 0 N–H and O–H groups in total. The van der Waals surface area contributed by atoms with Crippen LogP contribution >= 0.6 is 0 Å². The maximum atomic E-state index is 6.99. The highest BCUT2D eigenvalue weighted by atomic mass is 16.7. The van der Waals surface area contributed by atoms with E-state index in [1.807, 2.05) is 36.4 Å². The van der Waals surface area contributed by atoms with Crippen molar-refractivity contribution in [2.45, 2.75) is 26.8 Å². The maximum absolute atomic E-state index is 6.99. The summed E-state index contributed by atoms with van der Waals surface area (Å²) >= 11 is 0. The highest BCUT2D eigenvalue weighted by molar-refractivity contribution is 5.99. The Bertz CT molecular complexity index is 1470. The number of fused-ring (bicyclic) bond motifs is 2. The van der Waals surface area contributed by atoms with E-state index in [1.165, 1.54) is 0 Å². The normalized spacial score (nSPS) is 18.5. The quantitative estimate of drug-likeness (QED) is 0.337. The van der Waals surface area contributed by atoms with Crippen LogP contribution in [0.25, 0.3) is 0 Å². The summed E-state index contributed by atoms with van der Waals surface area (Å²) < 4.78 is 18.2. The van der Waals surface area contributed by atoms with Crippen LogP contribution in [0.4, 0.5) is 11.4 Å². The molecule has 4 aromatic rings. The minimum atomic E-state index is -1.29. The number of rotatable bonds is 2. The molecule has 166 valence electrons. The van der Waals surface area contributed by atoms with Crippen LogP contribution in [0, 0.1) is 13.8 Å². The van der Waals surface area contributed by atoms with Crippen molar-refractivity contribution in [3.05, 3.63) is 119 Å². The van der Waals surface area contributed by atoms with E-state index in [0.29, 0.717) is 0 Å². The molecule has 4 aromatic carbocycles. The molecule has 6 rings (SSSR count). The zero-order chi connectivity index (χ0) is 23.3. The van der Waals surface area contributed by atoms with Gasteiger partial charge in [-0.2, -0.15) is 0 Å². The second kappa shape index (κ2) is 7.70. The lowest BCUT2D eigenvalue weighted by atomic mass is 10.0. The van der Waals surface area contributed by atoms with Gasteiger partial charge >= 0.3 is 6.03 Å². The lowest BCUT2D eigenvalue weighted by molar-refractivity contribution is -0.857. The second-order valence-corrected chi connectivity index (χ2v) is 8.79. The summed E-state index contributed by atoms with van der Waals surface area (Å²) in [7, 11) is 0. The van der Waals surface area contributed by atoms with Crippen LogP contribution < -0.4 is 9.47 Å². The average molecular weight is 447 g/mol. The van der Waals surface area contributed by atoms with Crippen molar-refractivity contribution in [2.24, 2.45) is 0 Å². The van der Waals surface area contributed by atoms with Gasteiger partial charge in [0.25, 0.3) is 0 Å². The summed E-state index contributed by atoms with van der Waals surface area (Å²) in [6.07, 6.45) is 2.13. The average Bonchev–Trinajstić information content (AvgIpc) is 2.86. The van der Waals surface area contributed by atoms with Crippen molar-refractivity contribution in [3.63, 3.8) is 0 Å². The van der Waals surface area contributed by atoms with E-state index < -0.39 is 6.03 Å². The first-order valence-corrected chi connectivity index (χ1v) is 11.5. The van der Waals surface area contributed by atoms with Gasteiger partial charge in [0.2, 0.25) is 17.1 Å². The van der Waals surface area contributed by atoms with Crippen LogP contribution in [0.3, 0.4) is 0 Å². The van der Waals surface area contributed by atoms with Gasteiger partial charge in [-0.15, -0.1) is 0 Å². The standard InChI is InChI=1S/C30H26N2O2/c1-21-12-10-14-24-20-31(25-15-6-4-7-16-25)30(33-28(21)24)32(26-17-8-5-9-18-26)23(3)27-19-11-13-22(2)29(27)34-30/h4-20H,1-3H3/q+2/t30-/m0/s1. The molecule has 4 heteroatoms. The molecule has 0 radical (unpaired) electrons. The van der Waals surface area contributed by atoms with Gasteiger partial charge in [-0.3, -0.25) is 0 Å². The third-order valence-corrected chi connectivity index (χ3v) is 6.55. The molecule has 0 saturated heterocycles. The number of benzene rings is 4. The SMILES string of the molecule is CC1=[N+](c2ccccc2)[C@@]2(Oc3c(C)cccc3C=[N+]2c2ccccc2)Oc2c(C)cccc21. The Kier molecular flexibility index (Phi) is 4.63. The lowest BCUT2D eigenvalue weighted by Crippen LogP contribution is -2.63. The zero-order valence-corrected chi connectivity index (χ0v) is 19.5. The van der Waals surface area contributed by atoms with Crippen molar-refractivity contribution >= 4 is 23.3 Å². The Labute approximate surface area is 199 Å². The first-order chi connectivity index (χ1) is 16.6. The molecular weight excluding hydrogens is 420 g/mol. The van der Waals surface area contributed by atoms with E-state index in [0.717, 1.165) is 50.8 Å². The fourth-order valence-electron chi connectivity index (χ4n) is 4.89. The van der Waals surface area contributed by atoms with Crippen LogP contribution in [0.5, 0.6) is 11.5 Å². The molecule has 1 spiro atoms. The molecule has 0 aromatic heterocycles. The summed E-state index contributed by atoms with van der Waals surface area (Å²) in [5.41, 5.74) is 7.21.